The Morgan fingerprint density at radius 2 is 1.32 bits per heavy atom. The van der Waals surface area contributed by atoms with Gasteiger partial charge >= 0.3 is 0 Å². The molecule has 0 spiro atoms. The van der Waals surface area contributed by atoms with E-state index in [0.717, 1.165) is 11.3 Å². The quantitative estimate of drug-likeness (QED) is 0.432. The molecule has 2 aliphatic carbocycles. The lowest BCUT2D eigenvalue weighted by molar-refractivity contribution is 0.308. The van der Waals surface area contributed by atoms with Crippen molar-refractivity contribution in [2.75, 3.05) is 0 Å². The second-order valence-electron chi connectivity index (χ2n) is 11.8. The number of rotatable bonds is 6. The smallest absolute Gasteiger partial charge is 0.0976 e. The summed E-state index contributed by atoms with van der Waals surface area (Å²) in [5.74, 6) is 0. The van der Waals surface area contributed by atoms with Crippen molar-refractivity contribution in [1.82, 2.24) is 4.72 Å². The third-order valence-electron chi connectivity index (χ3n) is 7.11. The number of benzene rings is 1. The van der Waals surface area contributed by atoms with Crippen LogP contribution in [-0.4, -0.2) is 20.3 Å². The average molecular weight is 464 g/mol. The van der Waals surface area contributed by atoms with Crippen molar-refractivity contribution in [2.24, 2.45) is 5.41 Å². The zero-order valence-corrected chi connectivity index (χ0v) is 22.6. The maximum Gasteiger partial charge on any atom is 0.0976 e. The summed E-state index contributed by atoms with van der Waals surface area (Å²) < 4.78 is 16.5. The van der Waals surface area contributed by atoms with Crippen LogP contribution in [0.3, 0.4) is 0 Å². The van der Waals surface area contributed by atoms with Crippen molar-refractivity contribution in [1.29, 1.82) is 0 Å². The predicted octanol–water partition coefficient (Wildman–Crippen LogP) is 7.60. The van der Waals surface area contributed by atoms with Crippen LogP contribution >= 0.6 is 7.92 Å². The Morgan fingerprint density at radius 1 is 0.839 bits per heavy atom. The molecule has 1 N–H and O–H groups in total. The summed E-state index contributed by atoms with van der Waals surface area (Å²) in [6, 6.07) is 9.36. The predicted molar refractivity (Wildman–Crippen MR) is 140 cm³/mol. The Balaban J connectivity index is 2.03. The fourth-order valence-electron chi connectivity index (χ4n) is 5.37. The van der Waals surface area contributed by atoms with E-state index < -0.39 is 11.0 Å². The minimum Gasteiger partial charge on any atom is -0.242 e. The Bertz CT molecular complexity index is 705. The molecule has 1 aromatic carbocycles. The standard InChI is InChI=1S/C27H46NOPS/c1-26(2,3)25(28-31(29)27(4,5)6)23-19-13-14-20-24(23)30(21-15-9-7-10-16-21)22-17-11-8-12-18-22/h13-14,19-22,25,28H,7-12,15-18H2,1-6H3. The molecule has 176 valence electrons. The maximum atomic E-state index is 13.2. The molecular weight excluding hydrogens is 417 g/mol. The Morgan fingerprint density at radius 3 is 1.77 bits per heavy atom. The minimum absolute atomic E-state index is 0.00283. The first-order valence-electron chi connectivity index (χ1n) is 12.6. The molecule has 0 heterocycles. The first-order chi connectivity index (χ1) is 14.6. The van der Waals surface area contributed by atoms with Gasteiger partial charge in [0.05, 0.1) is 15.7 Å². The molecule has 1 aromatic rings. The molecule has 0 aliphatic heterocycles. The Kier molecular flexibility index (Phi) is 8.84. The van der Waals surface area contributed by atoms with E-state index in [0.29, 0.717) is 0 Å². The Hall–Kier alpha value is -0.240. The van der Waals surface area contributed by atoms with Crippen LogP contribution in [0.25, 0.3) is 0 Å². The monoisotopic (exact) mass is 463 g/mol. The van der Waals surface area contributed by atoms with Crippen LogP contribution in [0, 0.1) is 5.41 Å². The van der Waals surface area contributed by atoms with Gasteiger partial charge < -0.3 is 0 Å². The summed E-state index contributed by atoms with van der Waals surface area (Å²) in [6.45, 7) is 13.1. The van der Waals surface area contributed by atoms with E-state index in [9.17, 15) is 4.21 Å². The van der Waals surface area contributed by atoms with Gasteiger partial charge in [0, 0.05) is 6.04 Å². The molecule has 0 amide bonds. The summed E-state index contributed by atoms with van der Waals surface area (Å²) in [6.07, 6.45) is 14.1. The topological polar surface area (TPSA) is 29.1 Å². The third kappa shape index (κ3) is 6.64. The lowest BCUT2D eigenvalue weighted by Gasteiger charge is -2.42. The van der Waals surface area contributed by atoms with Crippen molar-refractivity contribution in [2.45, 2.75) is 128 Å². The minimum atomic E-state index is -1.09. The van der Waals surface area contributed by atoms with Crippen LogP contribution in [0.2, 0.25) is 0 Å². The molecule has 0 radical (unpaired) electrons. The molecule has 2 nitrogen and oxygen atoms in total. The highest BCUT2D eigenvalue weighted by atomic mass is 32.2. The van der Waals surface area contributed by atoms with Gasteiger partial charge in [-0.15, -0.1) is 0 Å². The van der Waals surface area contributed by atoms with Gasteiger partial charge in [0.2, 0.25) is 0 Å². The van der Waals surface area contributed by atoms with Crippen molar-refractivity contribution in [3.8, 4) is 0 Å². The van der Waals surface area contributed by atoms with E-state index in [1.54, 1.807) is 5.30 Å². The average Bonchev–Trinajstić information content (AvgIpc) is 2.73. The molecule has 2 fully saturated rings. The largest absolute Gasteiger partial charge is 0.242 e. The highest BCUT2D eigenvalue weighted by Crippen LogP contribution is 2.56. The van der Waals surface area contributed by atoms with Crippen molar-refractivity contribution in [3.63, 3.8) is 0 Å². The normalized spacial score (nSPS) is 21.9. The molecule has 4 heteroatoms. The molecule has 3 rings (SSSR count). The number of nitrogens with one attached hydrogen (secondary N) is 1. The van der Waals surface area contributed by atoms with E-state index in [1.165, 1.54) is 69.8 Å². The third-order valence-corrected chi connectivity index (χ3v) is 12.2. The number of hydrogen-bond acceptors (Lipinski definition) is 1. The van der Waals surface area contributed by atoms with Gasteiger partial charge in [-0.3, -0.25) is 0 Å². The van der Waals surface area contributed by atoms with E-state index in [2.05, 4.69) is 70.5 Å². The van der Waals surface area contributed by atoms with Crippen LogP contribution < -0.4 is 10.0 Å². The van der Waals surface area contributed by atoms with Gasteiger partial charge in [-0.2, -0.15) is 0 Å². The highest BCUT2D eigenvalue weighted by molar-refractivity contribution is 7.84. The molecule has 0 saturated heterocycles. The van der Waals surface area contributed by atoms with Crippen molar-refractivity contribution in [3.05, 3.63) is 29.8 Å². The van der Waals surface area contributed by atoms with Gasteiger partial charge in [-0.25, -0.2) is 8.93 Å². The Labute approximate surface area is 196 Å². The zero-order valence-electron chi connectivity index (χ0n) is 20.9. The van der Waals surface area contributed by atoms with E-state index in [1.807, 2.05) is 0 Å². The second-order valence-corrected chi connectivity index (χ2v) is 16.6. The molecule has 0 bridgehead atoms. The summed E-state index contributed by atoms with van der Waals surface area (Å²) in [5, 5.41) is 1.62. The summed E-state index contributed by atoms with van der Waals surface area (Å²) in [7, 11) is -1.27. The van der Waals surface area contributed by atoms with Crippen LogP contribution in [0.15, 0.2) is 24.3 Å². The van der Waals surface area contributed by atoms with Crippen LogP contribution in [0.5, 0.6) is 0 Å². The molecule has 0 aromatic heterocycles. The fourth-order valence-corrected chi connectivity index (χ4v) is 10.4. The lowest BCUT2D eigenvalue weighted by Crippen LogP contribution is -2.42. The molecule has 2 aliphatic rings. The first kappa shape index (κ1) is 25.4. The summed E-state index contributed by atoms with van der Waals surface area (Å²) in [4.78, 5) is 0. The van der Waals surface area contributed by atoms with Gasteiger partial charge in [0.1, 0.15) is 0 Å². The van der Waals surface area contributed by atoms with Gasteiger partial charge in [0.15, 0.2) is 0 Å². The molecule has 2 atom stereocenters. The van der Waals surface area contributed by atoms with Gasteiger partial charge in [-0.05, 0) is 74.1 Å². The van der Waals surface area contributed by atoms with Crippen LogP contribution in [-0.2, 0) is 11.0 Å². The first-order valence-corrected chi connectivity index (χ1v) is 15.3. The SMILES string of the molecule is CC(C)(C)C(NS(=O)C(C)(C)C)c1ccccc1P(C1CCCCC1)C1CCCCC1. The highest BCUT2D eigenvalue weighted by Gasteiger charge is 2.37. The molecule has 31 heavy (non-hydrogen) atoms. The van der Waals surface area contributed by atoms with E-state index in [4.69, 9.17) is 0 Å². The number of hydrogen-bond donors (Lipinski definition) is 1. The second kappa shape index (κ2) is 10.8. The van der Waals surface area contributed by atoms with Crippen LogP contribution in [0.4, 0.5) is 0 Å². The van der Waals surface area contributed by atoms with Gasteiger partial charge in [0.25, 0.3) is 0 Å². The van der Waals surface area contributed by atoms with E-state index in [-0.39, 0.29) is 24.1 Å². The zero-order chi connectivity index (χ0) is 22.6. The maximum absolute atomic E-state index is 13.2. The molecular formula is C27H46NOPS. The van der Waals surface area contributed by atoms with Crippen molar-refractivity contribution < 1.29 is 4.21 Å². The van der Waals surface area contributed by atoms with E-state index >= 15 is 0 Å². The van der Waals surface area contributed by atoms with Gasteiger partial charge in [-0.1, -0.05) is 91.5 Å². The summed E-state index contributed by atoms with van der Waals surface area (Å²) >= 11 is 0. The van der Waals surface area contributed by atoms with Crippen LogP contribution in [0.1, 0.15) is 117 Å². The lowest BCUT2D eigenvalue weighted by atomic mass is 9.83. The fraction of sp³-hybridized carbons (Fsp3) is 0.778. The molecule has 2 unspecified atom stereocenters. The van der Waals surface area contributed by atoms with Crippen molar-refractivity contribution >= 4 is 24.2 Å². The molecule has 2 saturated carbocycles. The summed E-state index contributed by atoms with van der Waals surface area (Å²) in [5.41, 5.74) is 3.18.